The summed E-state index contributed by atoms with van der Waals surface area (Å²) >= 11 is 0. The van der Waals surface area contributed by atoms with Gasteiger partial charge in [-0.25, -0.2) is 0 Å². The van der Waals surface area contributed by atoms with Gasteiger partial charge in [0.05, 0.1) is 0 Å². The number of hydrogen-bond acceptors (Lipinski definition) is 2. The van der Waals surface area contributed by atoms with Gasteiger partial charge in [0.1, 0.15) is 0 Å². The van der Waals surface area contributed by atoms with Crippen molar-refractivity contribution in [2.45, 2.75) is 39.4 Å². The Morgan fingerprint density at radius 2 is 2.06 bits per heavy atom. The first-order valence-corrected chi connectivity index (χ1v) is 9.65. The van der Waals surface area contributed by atoms with Crippen LogP contribution in [0.5, 0.6) is 0 Å². The molecule has 0 bridgehead atoms. The van der Waals surface area contributed by atoms with Gasteiger partial charge in [-0.3, -0.25) is 4.79 Å². The van der Waals surface area contributed by atoms with Crippen LogP contribution in [0.1, 0.15) is 20.3 Å². The second-order valence-corrected chi connectivity index (χ2v) is 9.42. The molecule has 0 unspecified atom stereocenters. The van der Waals surface area contributed by atoms with E-state index in [0.717, 1.165) is 25.6 Å². The molecular weight excluding hydrogens is 242 g/mol. The summed E-state index contributed by atoms with van der Waals surface area (Å²) in [5.74, 6) is 0.0192. The lowest BCUT2D eigenvalue weighted by molar-refractivity contribution is -0.126. The molecule has 0 heterocycles. The molecule has 0 atom stereocenters. The van der Waals surface area contributed by atoms with Gasteiger partial charge >= 0.3 is 0 Å². The van der Waals surface area contributed by atoms with Crippen LogP contribution in [0.4, 0.5) is 0 Å². The first-order valence-electron chi connectivity index (χ1n) is 6.53. The highest BCUT2D eigenvalue weighted by Gasteiger charge is 2.22. The third-order valence-electron chi connectivity index (χ3n) is 2.74. The maximum absolute atomic E-state index is 11.9. The van der Waals surface area contributed by atoms with Crippen molar-refractivity contribution in [3.63, 3.8) is 0 Å². The zero-order valence-corrected chi connectivity index (χ0v) is 13.3. The van der Waals surface area contributed by atoms with E-state index < -0.39 is 8.32 Å². The van der Waals surface area contributed by atoms with Crippen LogP contribution in [0.25, 0.3) is 0 Å². The van der Waals surface area contributed by atoms with Crippen molar-refractivity contribution in [3.8, 4) is 0 Å². The van der Waals surface area contributed by atoms with Crippen molar-refractivity contribution in [1.82, 2.24) is 4.90 Å². The van der Waals surface area contributed by atoms with Crippen molar-refractivity contribution in [3.05, 3.63) is 24.8 Å². The molecule has 0 aliphatic heterocycles. The van der Waals surface area contributed by atoms with Crippen molar-refractivity contribution in [2.24, 2.45) is 0 Å². The number of rotatable bonds is 9. The number of nitrogens with zero attached hydrogens (tertiary/aromatic N) is 1. The normalized spacial score (nSPS) is 11.1. The van der Waals surface area contributed by atoms with Gasteiger partial charge < -0.3 is 9.33 Å². The predicted molar refractivity (Wildman–Crippen MR) is 80.1 cm³/mol. The van der Waals surface area contributed by atoms with Gasteiger partial charge in [-0.1, -0.05) is 12.7 Å². The molecule has 3 nitrogen and oxygen atoms in total. The second-order valence-electron chi connectivity index (χ2n) is 5.12. The monoisotopic (exact) mass is 269 g/mol. The Balaban J connectivity index is 4.24. The summed E-state index contributed by atoms with van der Waals surface area (Å²) in [6.07, 6.45) is 2.73. The Bertz CT molecular complexity index is 300. The minimum Gasteiger partial charge on any atom is -0.418 e. The van der Waals surface area contributed by atoms with E-state index in [4.69, 9.17) is 4.43 Å². The highest BCUT2D eigenvalue weighted by Crippen LogP contribution is 2.14. The van der Waals surface area contributed by atoms with Crippen LogP contribution in [0.2, 0.25) is 19.1 Å². The second kappa shape index (κ2) is 8.27. The zero-order valence-electron chi connectivity index (χ0n) is 12.3. The smallest absolute Gasteiger partial charge is 0.249 e. The molecule has 0 spiro atoms. The maximum Gasteiger partial charge on any atom is 0.249 e. The van der Waals surface area contributed by atoms with Crippen LogP contribution in [0.15, 0.2) is 24.8 Å². The molecule has 104 valence electrons. The quantitative estimate of drug-likeness (QED) is 0.365. The van der Waals surface area contributed by atoms with E-state index in [1.807, 2.05) is 6.92 Å². The molecule has 0 aromatic heterocycles. The van der Waals surface area contributed by atoms with Gasteiger partial charge in [0.2, 0.25) is 5.91 Å². The molecular formula is C14H27NO2Si. The lowest BCUT2D eigenvalue weighted by atomic mass is 10.3. The molecule has 0 fully saturated rings. The van der Waals surface area contributed by atoms with Gasteiger partial charge in [0.15, 0.2) is 8.32 Å². The largest absolute Gasteiger partial charge is 0.418 e. The Hall–Kier alpha value is -0.873. The molecule has 0 aliphatic rings. The fraction of sp³-hybridized carbons (Fsp3) is 0.643. The number of carbonyl (C=O) groups is 1. The van der Waals surface area contributed by atoms with Crippen molar-refractivity contribution in [1.29, 1.82) is 0 Å². The summed E-state index contributed by atoms with van der Waals surface area (Å²) < 4.78 is 5.78. The average molecular weight is 269 g/mol. The molecule has 0 N–H and O–H groups in total. The summed E-state index contributed by atoms with van der Waals surface area (Å²) in [6, 6.07) is 1.07. The third-order valence-corrected chi connectivity index (χ3v) is 5.37. The molecule has 4 heteroatoms. The van der Waals surface area contributed by atoms with Crippen LogP contribution in [-0.2, 0) is 9.22 Å². The van der Waals surface area contributed by atoms with E-state index >= 15 is 0 Å². The first kappa shape index (κ1) is 17.1. The summed E-state index contributed by atoms with van der Waals surface area (Å²) in [7, 11) is -1.54. The predicted octanol–water partition coefficient (Wildman–Crippen LogP) is 3.21. The van der Waals surface area contributed by atoms with Crippen LogP contribution >= 0.6 is 0 Å². The maximum atomic E-state index is 11.9. The summed E-state index contributed by atoms with van der Waals surface area (Å²) in [4.78, 5) is 13.7. The van der Waals surface area contributed by atoms with E-state index in [1.54, 1.807) is 17.9 Å². The number of hydrogen-bond donors (Lipinski definition) is 0. The van der Waals surface area contributed by atoms with Gasteiger partial charge in [0, 0.05) is 25.3 Å². The molecule has 0 saturated carbocycles. The Morgan fingerprint density at radius 1 is 1.44 bits per heavy atom. The van der Waals surface area contributed by atoms with Gasteiger partial charge in [-0.2, -0.15) is 0 Å². The molecule has 0 aromatic carbocycles. The third kappa shape index (κ3) is 6.76. The average Bonchev–Trinajstić information content (AvgIpc) is 2.26. The zero-order chi connectivity index (χ0) is 14.2. The van der Waals surface area contributed by atoms with Crippen LogP contribution in [-0.4, -0.2) is 38.8 Å². The topological polar surface area (TPSA) is 29.5 Å². The van der Waals surface area contributed by atoms with Gasteiger partial charge in [-0.05, 0) is 39.4 Å². The van der Waals surface area contributed by atoms with E-state index in [1.165, 1.54) is 0 Å². The SMILES string of the molecule is C=CCN(CCC[Si](C)(C)OCC)C(=O)C(=C)C. The standard InChI is InChI=1S/C14H27NO2Si/c1-7-10-15(14(16)13(3)4)11-9-12-18(5,6)17-8-2/h7H,1,3,8-12H2,2,4-6H3. The summed E-state index contributed by atoms with van der Waals surface area (Å²) in [5, 5.41) is 0. The first-order chi connectivity index (χ1) is 8.34. The molecule has 18 heavy (non-hydrogen) atoms. The molecule has 1 amide bonds. The van der Waals surface area contributed by atoms with Gasteiger partial charge in [-0.15, -0.1) is 6.58 Å². The Labute approximate surface area is 113 Å². The molecule has 0 radical (unpaired) electrons. The fourth-order valence-electron chi connectivity index (χ4n) is 1.86. The van der Waals surface area contributed by atoms with Crippen molar-refractivity contribution in [2.75, 3.05) is 19.7 Å². The van der Waals surface area contributed by atoms with Gasteiger partial charge in [0.25, 0.3) is 0 Å². The van der Waals surface area contributed by atoms with Crippen molar-refractivity contribution >= 4 is 14.2 Å². The van der Waals surface area contributed by atoms with Crippen molar-refractivity contribution < 1.29 is 9.22 Å². The minimum atomic E-state index is -1.54. The summed E-state index contributed by atoms with van der Waals surface area (Å²) in [5.41, 5.74) is 0.582. The highest BCUT2D eigenvalue weighted by molar-refractivity contribution is 6.71. The molecule has 0 aliphatic carbocycles. The minimum absolute atomic E-state index is 0.0192. The molecule has 0 saturated heterocycles. The lowest BCUT2D eigenvalue weighted by Gasteiger charge is -2.25. The van der Waals surface area contributed by atoms with Crippen LogP contribution < -0.4 is 0 Å². The highest BCUT2D eigenvalue weighted by atomic mass is 28.4. The number of amides is 1. The number of carbonyl (C=O) groups excluding carboxylic acids is 1. The van der Waals surface area contributed by atoms with Crippen LogP contribution in [0.3, 0.4) is 0 Å². The van der Waals surface area contributed by atoms with Crippen LogP contribution in [0, 0.1) is 0 Å². The molecule has 0 rings (SSSR count). The molecule has 0 aromatic rings. The van der Waals surface area contributed by atoms with E-state index in [2.05, 4.69) is 26.3 Å². The lowest BCUT2D eigenvalue weighted by Crippen LogP contribution is -2.35. The fourth-order valence-corrected chi connectivity index (χ4v) is 3.80. The Kier molecular flexibility index (Phi) is 7.87. The van der Waals surface area contributed by atoms with E-state index in [9.17, 15) is 4.79 Å². The van der Waals surface area contributed by atoms with E-state index in [0.29, 0.717) is 12.1 Å². The summed E-state index contributed by atoms with van der Waals surface area (Å²) in [6.45, 7) is 17.7. The van der Waals surface area contributed by atoms with E-state index in [-0.39, 0.29) is 5.91 Å². The Morgan fingerprint density at radius 3 is 2.50 bits per heavy atom.